The molecular weight excluding hydrogens is 237 g/mol. The Morgan fingerprint density at radius 2 is 2.33 bits per heavy atom. The van der Waals surface area contributed by atoms with Crippen molar-refractivity contribution in [2.24, 2.45) is 7.05 Å². The minimum Gasteiger partial charge on any atom is -0.478 e. The zero-order valence-electron chi connectivity index (χ0n) is 9.72. The summed E-state index contributed by atoms with van der Waals surface area (Å²) in [5.74, 6) is -1.57. The first-order valence-corrected chi connectivity index (χ1v) is 5.30. The zero-order chi connectivity index (χ0) is 13.1. The molecule has 1 heterocycles. The van der Waals surface area contributed by atoms with Gasteiger partial charge in [-0.15, -0.1) is 0 Å². The molecule has 5 nitrogen and oxygen atoms in total. The van der Waals surface area contributed by atoms with Crippen LogP contribution in [0.3, 0.4) is 0 Å². The normalized spacial score (nSPS) is 10.3. The standard InChI is InChI=1S/C12H12FN3O2/c1-16-7-14-5-9(16)6-15-11-4-8(12(17)18)2-3-10(11)13/h2-5,7,15H,6H2,1H3,(H,17,18). The molecule has 2 aromatic rings. The molecular formula is C12H12FN3O2. The van der Waals surface area contributed by atoms with Crippen LogP contribution in [0.5, 0.6) is 0 Å². The SMILES string of the molecule is Cn1cncc1CNc1cc(C(=O)O)ccc1F. The maximum Gasteiger partial charge on any atom is 0.335 e. The Morgan fingerprint density at radius 3 is 2.94 bits per heavy atom. The van der Waals surface area contributed by atoms with E-state index in [9.17, 15) is 9.18 Å². The number of benzene rings is 1. The number of aryl methyl sites for hydroxylation is 1. The summed E-state index contributed by atoms with van der Waals surface area (Å²) in [6.45, 7) is 0.372. The Bertz CT molecular complexity index is 580. The minimum atomic E-state index is -1.08. The maximum atomic E-state index is 13.5. The van der Waals surface area contributed by atoms with E-state index in [0.717, 1.165) is 11.8 Å². The number of hydrogen-bond donors (Lipinski definition) is 2. The summed E-state index contributed by atoms with van der Waals surface area (Å²) in [4.78, 5) is 14.7. The molecule has 0 radical (unpaired) electrons. The summed E-state index contributed by atoms with van der Waals surface area (Å²) in [6, 6.07) is 3.63. The van der Waals surface area contributed by atoms with Gasteiger partial charge < -0.3 is 15.0 Å². The number of nitrogens with zero attached hydrogens (tertiary/aromatic N) is 2. The number of imidazole rings is 1. The summed E-state index contributed by atoms with van der Waals surface area (Å²) in [5.41, 5.74) is 1.08. The van der Waals surface area contributed by atoms with Gasteiger partial charge in [-0.3, -0.25) is 0 Å². The topological polar surface area (TPSA) is 67.2 Å². The van der Waals surface area contributed by atoms with E-state index in [2.05, 4.69) is 10.3 Å². The van der Waals surface area contributed by atoms with Crippen LogP contribution in [-0.2, 0) is 13.6 Å². The van der Waals surface area contributed by atoms with E-state index in [1.807, 2.05) is 7.05 Å². The van der Waals surface area contributed by atoms with E-state index in [0.29, 0.717) is 6.54 Å². The fourth-order valence-electron chi connectivity index (χ4n) is 1.53. The Labute approximate surface area is 103 Å². The number of anilines is 1. The highest BCUT2D eigenvalue weighted by atomic mass is 19.1. The molecule has 2 rings (SSSR count). The number of carboxylic acid groups (broad SMARTS) is 1. The van der Waals surface area contributed by atoms with Gasteiger partial charge >= 0.3 is 5.97 Å². The van der Waals surface area contributed by atoms with E-state index in [4.69, 9.17) is 5.11 Å². The minimum absolute atomic E-state index is 0.0453. The van der Waals surface area contributed by atoms with Crippen molar-refractivity contribution in [1.29, 1.82) is 0 Å². The van der Waals surface area contributed by atoms with Crippen molar-refractivity contribution in [1.82, 2.24) is 9.55 Å². The van der Waals surface area contributed by atoms with Crippen LogP contribution in [0.15, 0.2) is 30.7 Å². The van der Waals surface area contributed by atoms with Gasteiger partial charge in [0.25, 0.3) is 0 Å². The second-order valence-corrected chi connectivity index (χ2v) is 3.85. The fraction of sp³-hybridized carbons (Fsp3) is 0.167. The molecule has 0 spiro atoms. The Morgan fingerprint density at radius 1 is 1.56 bits per heavy atom. The zero-order valence-corrected chi connectivity index (χ0v) is 9.72. The Kier molecular flexibility index (Phi) is 3.27. The number of nitrogens with one attached hydrogen (secondary N) is 1. The van der Waals surface area contributed by atoms with Gasteiger partial charge in [0.2, 0.25) is 0 Å². The lowest BCUT2D eigenvalue weighted by atomic mass is 10.2. The molecule has 18 heavy (non-hydrogen) atoms. The number of carboxylic acids is 1. The molecule has 0 atom stereocenters. The number of halogens is 1. The van der Waals surface area contributed by atoms with Crippen molar-refractivity contribution < 1.29 is 14.3 Å². The highest BCUT2D eigenvalue weighted by Crippen LogP contribution is 2.17. The number of aromatic carboxylic acids is 1. The predicted octanol–water partition coefficient (Wildman–Crippen LogP) is 1.87. The van der Waals surface area contributed by atoms with E-state index < -0.39 is 11.8 Å². The molecule has 2 N–H and O–H groups in total. The smallest absolute Gasteiger partial charge is 0.335 e. The average Bonchev–Trinajstić information content (AvgIpc) is 2.73. The first-order valence-electron chi connectivity index (χ1n) is 5.30. The van der Waals surface area contributed by atoms with Crippen LogP contribution in [0.1, 0.15) is 16.1 Å². The monoisotopic (exact) mass is 249 g/mol. The first kappa shape index (κ1) is 12.1. The summed E-state index contributed by atoms with van der Waals surface area (Å²) >= 11 is 0. The molecule has 0 saturated heterocycles. The molecule has 0 aliphatic heterocycles. The molecule has 0 unspecified atom stereocenters. The molecule has 1 aromatic heterocycles. The van der Waals surface area contributed by atoms with Gasteiger partial charge in [0.15, 0.2) is 0 Å². The van der Waals surface area contributed by atoms with Crippen LogP contribution < -0.4 is 5.32 Å². The van der Waals surface area contributed by atoms with E-state index >= 15 is 0 Å². The highest BCUT2D eigenvalue weighted by Gasteiger charge is 2.08. The van der Waals surface area contributed by atoms with Gasteiger partial charge in [0, 0.05) is 13.2 Å². The molecule has 0 bridgehead atoms. The van der Waals surface area contributed by atoms with Crippen molar-refractivity contribution in [2.75, 3.05) is 5.32 Å². The number of hydrogen-bond acceptors (Lipinski definition) is 3. The highest BCUT2D eigenvalue weighted by molar-refractivity contribution is 5.88. The van der Waals surface area contributed by atoms with E-state index in [1.54, 1.807) is 17.1 Å². The van der Waals surface area contributed by atoms with Crippen molar-refractivity contribution in [3.63, 3.8) is 0 Å². The van der Waals surface area contributed by atoms with Gasteiger partial charge in [0.1, 0.15) is 5.82 Å². The third kappa shape index (κ3) is 2.48. The predicted molar refractivity (Wildman–Crippen MR) is 63.9 cm³/mol. The second-order valence-electron chi connectivity index (χ2n) is 3.85. The lowest BCUT2D eigenvalue weighted by Gasteiger charge is -2.08. The molecule has 0 saturated carbocycles. The van der Waals surface area contributed by atoms with Crippen molar-refractivity contribution in [3.05, 3.63) is 47.8 Å². The summed E-state index contributed by atoms with van der Waals surface area (Å²) in [6.07, 6.45) is 3.30. The third-order valence-electron chi connectivity index (χ3n) is 2.59. The van der Waals surface area contributed by atoms with Crippen molar-refractivity contribution in [3.8, 4) is 0 Å². The maximum absolute atomic E-state index is 13.5. The van der Waals surface area contributed by atoms with Crippen LogP contribution in [0, 0.1) is 5.82 Å². The molecule has 6 heteroatoms. The lowest BCUT2D eigenvalue weighted by Crippen LogP contribution is -2.06. The molecule has 94 valence electrons. The van der Waals surface area contributed by atoms with Crippen LogP contribution in [0.25, 0.3) is 0 Å². The van der Waals surface area contributed by atoms with E-state index in [1.165, 1.54) is 12.1 Å². The molecule has 0 fully saturated rings. The van der Waals surface area contributed by atoms with Crippen LogP contribution in [0.4, 0.5) is 10.1 Å². The second kappa shape index (κ2) is 4.87. The van der Waals surface area contributed by atoms with Gasteiger partial charge in [-0.05, 0) is 18.2 Å². The van der Waals surface area contributed by atoms with Gasteiger partial charge in [-0.1, -0.05) is 0 Å². The number of carbonyl (C=O) groups is 1. The Hall–Kier alpha value is -2.37. The molecule has 0 amide bonds. The molecule has 0 aliphatic carbocycles. The Balaban J connectivity index is 2.16. The van der Waals surface area contributed by atoms with Crippen molar-refractivity contribution in [2.45, 2.75) is 6.54 Å². The number of rotatable bonds is 4. The molecule has 0 aliphatic rings. The van der Waals surface area contributed by atoms with Crippen LogP contribution in [-0.4, -0.2) is 20.6 Å². The fourth-order valence-corrected chi connectivity index (χ4v) is 1.53. The number of aromatic nitrogens is 2. The lowest BCUT2D eigenvalue weighted by molar-refractivity contribution is 0.0697. The third-order valence-corrected chi connectivity index (χ3v) is 2.59. The average molecular weight is 249 g/mol. The summed E-state index contributed by atoms with van der Waals surface area (Å²) in [7, 11) is 1.83. The van der Waals surface area contributed by atoms with E-state index in [-0.39, 0.29) is 11.3 Å². The van der Waals surface area contributed by atoms with Gasteiger partial charge in [0.05, 0.1) is 29.8 Å². The molecule has 1 aromatic carbocycles. The van der Waals surface area contributed by atoms with Crippen LogP contribution >= 0.6 is 0 Å². The summed E-state index contributed by atoms with van der Waals surface area (Å²) < 4.78 is 15.3. The quantitative estimate of drug-likeness (QED) is 0.868. The van der Waals surface area contributed by atoms with Crippen LogP contribution in [0.2, 0.25) is 0 Å². The van der Waals surface area contributed by atoms with Gasteiger partial charge in [-0.25, -0.2) is 14.2 Å². The van der Waals surface area contributed by atoms with Gasteiger partial charge in [-0.2, -0.15) is 0 Å². The summed E-state index contributed by atoms with van der Waals surface area (Å²) in [5, 5.41) is 11.7. The largest absolute Gasteiger partial charge is 0.478 e. The van der Waals surface area contributed by atoms with Crippen molar-refractivity contribution >= 4 is 11.7 Å². The first-order chi connectivity index (χ1) is 8.58.